The lowest BCUT2D eigenvalue weighted by Gasteiger charge is -2.07. The van der Waals surface area contributed by atoms with Crippen LogP contribution in [0, 0.1) is 0 Å². The molecule has 0 aromatic heterocycles. The summed E-state index contributed by atoms with van der Waals surface area (Å²) < 4.78 is 10.5. The number of benzene rings is 2. The van der Waals surface area contributed by atoms with Crippen molar-refractivity contribution in [2.45, 2.75) is 0 Å². The Morgan fingerprint density at radius 2 is 1.85 bits per heavy atom. The molecule has 1 fully saturated rings. The topological polar surface area (TPSA) is 59.9 Å². The number of nitrogens with zero attached hydrogens (tertiary/aromatic N) is 1. The first-order valence-corrected chi connectivity index (χ1v) is 9.04. The summed E-state index contributed by atoms with van der Waals surface area (Å²) in [7, 11) is 3.12. The summed E-state index contributed by atoms with van der Waals surface area (Å²) in [5.74, 6) is 0.929. The highest BCUT2D eigenvalue weighted by Gasteiger charge is 2.25. The highest BCUT2D eigenvalue weighted by atomic mass is 35.5. The van der Waals surface area contributed by atoms with E-state index in [0.29, 0.717) is 42.9 Å². The van der Waals surface area contributed by atoms with Gasteiger partial charge in [-0.25, -0.2) is 4.99 Å². The average molecular weight is 409 g/mol. The van der Waals surface area contributed by atoms with E-state index >= 15 is 0 Å². The maximum absolute atomic E-state index is 12.2. The Hall–Kier alpha value is -2.15. The number of thioether (sulfide) groups is 1. The Bertz CT molecular complexity index is 908. The quantitative estimate of drug-likeness (QED) is 0.730. The first-order valence-electron chi connectivity index (χ1n) is 7.47. The first kappa shape index (κ1) is 18.6. The van der Waals surface area contributed by atoms with E-state index in [1.54, 1.807) is 56.7 Å². The molecule has 26 heavy (non-hydrogen) atoms. The summed E-state index contributed by atoms with van der Waals surface area (Å²) in [4.78, 5) is 17.1. The van der Waals surface area contributed by atoms with Crippen molar-refractivity contribution < 1.29 is 14.3 Å². The molecule has 1 N–H and O–H groups in total. The zero-order valence-corrected chi connectivity index (χ0v) is 16.2. The number of rotatable bonds is 4. The van der Waals surface area contributed by atoms with E-state index < -0.39 is 0 Å². The molecule has 1 aliphatic heterocycles. The number of hydrogen-bond acceptors (Lipinski definition) is 5. The SMILES string of the molecule is COc1ccc(N=C2NC(=O)/C(=C/c3c(Cl)cccc3Cl)S2)c(OC)c1. The Morgan fingerprint density at radius 3 is 2.50 bits per heavy atom. The van der Waals surface area contributed by atoms with Gasteiger partial charge >= 0.3 is 0 Å². The fraction of sp³-hybridized carbons (Fsp3) is 0.111. The van der Waals surface area contributed by atoms with Crippen molar-refractivity contribution in [2.24, 2.45) is 4.99 Å². The lowest BCUT2D eigenvalue weighted by atomic mass is 10.2. The monoisotopic (exact) mass is 408 g/mol. The van der Waals surface area contributed by atoms with E-state index in [4.69, 9.17) is 32.7 Å². The first-order chi connectivity index (χ1) is 12.5. The second-order valence-electron chi connectivity index (χ2n) is 5.15. The summed E-state index contributed by atoms with van der Waals surface area (Å²) in [5.41, 5.74) is 1.17. The molecule has 0 atom stereocenters. The van der Waals surface area contributed by atoms with Crippen LogP contribution in [0.4, 0.5) is 5.69 Å². The minimum absolute atomic E-state index is 0.266. The molecular formula is C18H14Cl2N2O3S. The average Bonchev–Trinajstić information content (AvgIpc) is 2.97. The number of hydrogen-bond donors (Lipinski definition) is 1. The van der Waals surface area contributed by atoms with Gasteiger partial charge in [0.15, 0.2) is 5.17 Å². The van der Waals surface area contributed by atoms with Crippen LogP contribution in [0.3, 0.4) is 0 Å². The number of ether oxygens (including phenoxy) is 2. The smallest absolute Gasteiger partial charge is 0.264 e. The molecule has 0 aliphatic carbocycles. The van der Waals surface area contributed by atoms with E-state index in [1.165, 1.54) is 11.8 Å². The Kier molecular flexibility index (Phi) is 5.76. The maximum atomic E-state index is 12.2. The van der Waals surface area contributed by atoms with Gasteiger partial charge in [-0.05, 0) is 42.1 Å². The predicted molar refractivity (Wildman–Crippen MR) is 107 cm³/mol. The molecule has 0 spiro atoms. The molecule has 2 aromatic carbocycles. The predicted octanol–water partition coefficient (Wildman–Crippen LogP) is 4.90. The molecule has 0 unspecified atom stereocenters. The van der Waals surface area contributed by atoms with Crippen molar-refractivity contribution in [3.05, 3.63) is 56.9 Å². The minimum atomic E-state index is -0.266. The number of carbonyl (C=O) groups excluding carboxylic acids is 1. The fourth-order valence-corrected chi connectivity index (χ4v) is 3.57. The van der Waals surface area contributed by atoms with Crippen LogP contribution in [0.1, 0.15) is 5.56 Å². The molecule has 134 valence electrons. The second-order valence-corrected chi connectivity index (χ2v) is 7.00. The van der Waals surface area contributed by atoms with Crippen LogP contribution >= 0.6 is 35.0 Å². The fourth-order valence-electron chi connectivity index (χ4n) is 2.25. The standard InChI is InChI=1S/C18H14Cl2N2O3S/c1-24-10-6-7-14(15(8-10)25-2)21-18-22-17(23)16(26-18)9-11-12(19)4-3-5-13(11)20/h3-9H,1-2H3,(H,21,22,23)/b16-9-. The van der Waals surface area contributed by atoms with Gasteiger partial charge in [-0.1, -0.05) is 29.3 Å². The van der Waals surface area contributed by atoms with Gasteiger partial charge in [0.2, 0.25) is 0 Å². The van der Waals surface area contributed by atoms with E-state index in [-0.39, 0.29) is 5.91 Å². The zero-order valence-electron chi connectivity index (χ0n) is 13.9. The molecule has 8 heteroatoms. The Morgan fingerprint density at radius 1 is 1.12 bits per heavy atom. The maximum Gasteiger partial charge on any atom is 0.264 e. The van der Waals surface area contributed by atoms with Crippen LogP contribution in [-0.2, 0) is 4.79 Å². The molecule has 3 rings (SSSR count). The largest absolute Gasteiger partial charge is 0.497 e. The third-order valence-corrected chi connectivity index (χ3v) is 5.10. The number of nitrogens with one attached hydrogen (secondary N) is 1. The molecule has 1 saturated heterocycles. The summed E-state index contributed by atoms with van der Waals surface area (Å²) in [6.45, 7) is 0. The third kappa shape index (κ3) is 3.98. The molecule has 0 radical (unpaired) electrons. The van der Waals surface area contributed by atoms with Gasteiger partial charge in [-0.3, -0.25) is 4.79 Å². The molecule has 5 nitrogen and oxygen atoms in total. The molecule has 1 amide bonds. The number of aliphatic imine (C=N–C) groups is 1. The highest BCUT2D eigenvalue weighted by molar-refractivity contribution is 8.18. The van der Waals surface area contributed by atoms with Gasteiger partial charge in [0.05, 0.1) is 19.1 Å². The third-order valence-electron chi connectivity index (χ3n) is 3.53. The molecular weight excluding hydrogens is 395 g/mol. The number of methoxy groups -OCH3 is 2. The summed E-state index contributed by atoms with van der Waals surface area (Å²) in [6, 6.07) is 10.4. The van der Waals surface area contributed by atoms with Gasteiger partial charge in [0.25, 0.3) is 5.91 Å². The molecule has 2 aromatic rings. The zero-order chi connectivity index (χ0) is 18.7. The number of amidine groups is 1. The Balaban J connectivity index is 1.91. The second kappa shape index (κ2) is 8.03. The van der Waals surface area contributed by atoms with Crippen molar-refractivity contribution in [3.8, 4) is 11.5 Å². The van der Waals surface area contributed by atoms with Crippen molar-refractivity contribution in [3.63, 3.8) is 0 Å². The van der Waals surface area contributed by atoms with Crippen LogP contribution in [0.5, 0.6) is 11.5 Å². The van der Waals surface area contributed by atoms with E-state index in [1.807, 2.05) is 0 Å². The van der Waals surface area contributed by atoms with Crippen LogP contribution in [0.25, 0.3) is 6.08 Å². The molecule has 0 bridgehead atoms. The van der Waals surface area contributed by atoms with Gasteiger partial charge in [0, 0.05) is 21.7 Å². The summed E-state index contributed by atoms with van der Waals surface area (Å²) in [6.07, 6.45) is 1.65. The summed E-state index contributed by atoms with van der Waals surface area (Å²) in [5, 5.41) is 4.11. The number of carbonyl (C=O) groups is 1. The minimum Gasteiger partial charge on any atom is -0.497 e. The van der Waals surface area contributed by atoms with Crippen LogP contribution < -0.4 is 14.8 Å². The normalized spacial score (nSPS) is 16.8. The van der Waals surface area contributed by atoms with E-state index in [9.17, 15) is 4.79 Å². The van der Waals surface area contributed by atoms with Gasteiger partial charge < -0.3 is 14.8 Å². The highest BCUT2D eigenvalue weighted by Crippen LogP contribution is 2.36. The van der Waals surface area contributed by atoms with Crippen LogP contribution in [0.15, 0.2) is 46.3 Å². The lowest BCUT2D eigenvalue weighted by Crippen LogP contribution is -2.19. The molecule has 1 aliphatic rings. The van der Waals surface area contributed by atoms with Gasteiger partial charge in [-0.15, -0.1) is 0 Å². The number of halogens is 2. The van der Waals surface area contributed by atoms with Crippen LogP contribution in [0.2, 0.25) is 10.0 Å². The van der Waals surface area contributed by atoms with Crippen molar-refractivity contribution in [1.82, 2.24) is 5.32 Å². The van der Waals surface area contributed by atoms with E-state index in [2.05, 4.69) is 10.3 Å². The van der Waals surface area contributed by atoms with E-state index in [0.717, 1.165) is 0 Å². The Labute approximate surface area is 165 Å². The molecule has 1 heterocycles. The number of amides is 1. The van der Waals surface area contributed by atoms with Gasteiger partial charge in [0.1, 0.15) is 17.2 Å². The summed E-state index contributed by atoms with van der Waals surface area (Å²) >= 11 is 13.5. The lowest BCUT2D eigenvalue weighted by molar-refractivity contribution is -0.115. The van der Waals surface area contributed by atoms with Crippen molar-refractivity contribution in [2.75, 3.05) is 14.2 Å². The van der Waals surface area contributed by atoms with Crippen molar-refractivity contribution >= 4 is 57.8 Å². The molecule has 0 saturated carbocycles. The van der Waals surface area contributed by atoms with Crippen LogP contribution in [-0.4, -0.2) is 25.3 Å². The van der Waals surface area contributed by atoms with Gasteiger partial charge in [-0.2, -0.15) is 0 Å². The van der Waals surface area contributed by atoms with Crippen molar-refractivity contribution in [1.29, 1.82) is 0 Å².